The lowest BCUT2D eigenvalue weighted by Crippen LogP contribution is -2.41. The summed E-state index contributed by atoms with van der Waals surface area (Å²) in [5.41, 5.74) is 1.77. The van der Waals surface area contributed by atoms with E-state index in [9.17, 15) is 18.0 Å². The van der Waals surface area contributed by atoms with E-state index in [2.05, 4.69) is 5.32 Å². The second-order valence-corrected chi connectivity index (χ2v) is 10.0. The van der Waals surface area contributed by atoms with Gasteiger partial charge in [-0.3, -0.25) is 13.9 Å². The van der Waals surface area contributed by atoms with Gasteiger partial charge in [0.2, 0.25) is 5.91 Å². The average molecular weight is 494 g/mol. The fourth-order valence-corrected chi connectivity index (χ4v) is 5.58. The highest BCUT2D eigenvalue weighted by Crippen LogP contribution is 2.31. The summed E-state index contributed by atoms with van der Waals surface area (Å²) in [6, 6.07) is 21.7. The number of hydrogen-bond donors (Lipinski definition) is 1. The summed E-state index contributed by atoms with van der Waals surface area (Å²) in [5, 5.41) is 2.82. The van der Waals surface area contributed by atoms with Gasteiger partial charge in [0.25, 0.3) is 15.9 Å². The number of rotatable bonds is 7. The summed E-state index contributed by atoms with van der Waals surface area (Å²) in [6.07, 6.45) is 0.169. The molecule has 4 rings (SSSR count). The van der Waals surface area contributed by atoms with Gasteiger partial charge in [-0.2, -0.15) is 0 Å². The summed E-state index contributed by atoms with van der Waals surface area (Å²) in [7, 11) is -3.76. The van der Waals surface area contributed by atoms with Crippen LogP contribution in [0.15, 0.2) is 83.8 Å². The maximum absolute atomic E-state index is 13.2. The molecule has 0 saturated carbocycles. The zero-order chi connectivity index (χ0) is 25.0. The van der Waals surface area contributed by atoms with E-state index in [1.54, 1.807) is 60.4 Å². The minimum Gasteiger partial charge on any atom is -0.484 e. The number of sulfonamides is 1. The molecule has 1 unspecified atom stereocenters. The molecule has 0 fully saturated rings. The molecule has 1 aliphatic heterocycles. The van der Waals surface area contributed by atoms with Crippen molar-refractivity contribution in [2.24, 2.45) is 0 Å². The van der Waals surface area contributed by atoms with E-state index in [-0.39, 0.29) is 42.3 Å². The number of ether oxygens (including phenoxy) is 1. The molecule has 0 saturated heterocycles. The van der Waals surface area contributed by atoms with E-state index in [1.165, 1.54) is 28.6 Å². The lowest BCUT2D eigenvalue weighted by molar-refractivity contribution is -0.121. The Morgan fingerprint density at radius 1 is 1.03 bits per heavy atom. The Balaban J connectivity index is 1.48. The number of carbonyl (C=O) groups is 2. The zero-order valence-corrected chi connectivity index (χ0v) is 20.4. The van der Waals surface area contributed by atoms with Crippen LogP contribution in [0.3, 0.4) is 0 Å². The van der Waals surface area contributed by atoms with Gasteiger partial charge < -0.3 is 15.0 Å². The molecule has 2 amide bonds. The van der Waals surface area contributed by atoms with Gasteiger partial charge in [-0.15, -0.1) is 0 Å². The van der Waals surface area contributed by atoms with Crippen LogP contribution in [-0.4, -0.2) is 39.4 Å². The monoisotopic (exact) mass is 493 g/mol. The molecule has 9 heteroatoms. The summed E-state index contributed by atoms with van der Waals surface area (Å²) < 4.78 is 33.3. The number of hydrogen-bond acceptors (Lipinski definition) is 5. The molecule has 1 N–H and O–H groups in total. The van der Waals surface area contributed by atoms with Crippen LogP contribution in [0.5, 0.6) is 5.75 Å². The molecule has 1 atom stereocenters. The van der Waals surface area contributed by atoms with Crippen molar-refractivity contribution in [3.63, 3.8) is 0 Å². The third kappa shape index (κ3) is 5.14. The topological polar surface area (TPSA) is 96.0 Å². The van der Waals surface area contributed by atoms with Crippen LogP contribution in [0.1, 0.15) is 20.3 Å². The first-order valence-electron chi connectivity index (χ1n) is 11.3. The van der Waals surface area contributed by atoms with Crippen LogP contribution in [0.2, 0.25) is 0 Å². The van der Waals surface area contributed by atoms with Crippen molar-refractivity contribution in [1.29, 1.82) is 0 Å². The number of nitrogens with zero attached hydrogens (tertiary/aromatic N) is 2. The van der Waals surface area contributed by atoms with Crippen molar-refractivity contribution in [3.05, 3.63) is 78.9 Å². The summed E-state index contributed by atoms with van der Waals surface area (Å²) in [6.45, 7) is 3.61. The maximum Gasteiger partial charge on any atom is 0.265 e. The molecule has 1 aliphatic rings. The zero-order valence-electron chi connectivity index (χ0n) is 19.5. The summed E-state index contributed by atoms with van der Waals surface area (Å²) >= 11 is 0. The summed E-state index contributed by atoms with van der Waals surface area (Å²) in [5.74, 6) is -0.0982. The number of amides is 2. The highest BCUT2D eigenvalue weighted by Gasteiger charge is 2.30. The molecular formula is C26H27N3O5S. The van der Waals surface area contributed by atoms with Crippen LogP contribution < -0.4 is 19.3 Å². The first-order valence-corrected chi connectivity index (χ1v) is 12.8. The molecule has 3 aromatic carbocycles. The van der Waals surface area contributed by atoms with E-state index in [0.717, 1.165) is 0 Å². The highest BCUT2D eigenvalue weighted by atomic mass is 32.2. The van der Waals surface area contributed by atoms with Crippen molar-refractivity contribution in [2.75, 3.05) is 27.7 Å². The Labute approximate surface area is 205 Å². The second kappa shape index (κ2) is 10.2. The quantitative estimate of drug-likeness (QED) is 0.536. The number of benzene rings is 3. The first kappa shape index (κ1) is 24.3. The molecule has 0 aliphatic carbocycles. The molecule has 35 heavy (non-hydrogen) atoms. The number of para-hydroxylation sites is 3. The van der Waals surface area contributed by atoms with Crippen LogP contribution in [0, 0.1) is 0 Å². The maximum atomic E-state index is 13.2. The molecule has 0 radical (unpaired) electrons. The normalized spacial score (nSPS) is 15.5. The van der Waals surface area contributed by atoms with Crippen molar-refractivity contribution in [2.45, 2.75) is 31.2 Å². The fourth-order valence-electron chi connectivity index (χ4n) is 4.10. The van der Waals surface area contributed by atoms with E-state index < -0.39 is 10.0 Å². The van der Waals surface area contributed by atoms with Crippen molar-refractivity contribution >= 4 is 38.9 Å². The van der Waals surface area contributed by atoms with Gasteiger partial charge in [0, 0.05) is 19.0 Å². The minimum atomic E-state index is -3.76. The van der Waals surface area contributed by atoms with E-state index in [1.807, 2.05) is 13.0 Å². The van der Waals surface area contributed by atoms with E-state index >= 15 is 0 Å². The molecular weight excluding hydrogens is 466 g/mol. The van der Waals surface area contributed by atoms with Gasteiger partial charge in [0.1, 0.15) is 5.75 Å². The largest absolute Gasteiger partial charge is 0.484 e. The molecule has 1 heterocycles. The van der Waals surface area contributed by atoms with Gasteiger partial charge in [-0.05, 0) is 62.4 Å². The molecule has 8 nitrogen and oxygen atoms in total. The number of carbonyl (C=O) groups excluding carboxylic acids is 2. The Hall–Kier alpha value is -3.85. The lowest BCUT2D eigenvalue weighted by atomic mass is 10.1. The van der Waals surface area contributed by atoms with Crippen LogP contribution >= 0.6 is 0 Å². The molecule has 0 bridgehead atoms. The van der Waals surface area contributed by atoms with Gasteiger partial charge >= 0.3 is 0 Å². The highest BCUT2D eigenvalue weighted by molar-refractivity contribution is 7.92. The number of nitrogens with one attached hydrogen (secondary N) is 1. The number of anilines is 3. The van der Waals surface area contributed by atoms with Crippen LogP contribution in [0.25, 0.3) is 0 Å². The van der Waals surface area contributed by atoms with E-state index in [4.69, 9.17) is 4.74 Å². The predicted molar refractivity (Wildman–Crippen MR) is 135 cm³/mol. The van der Waals surface area contributed by atoms with Crippen LogP contribution in [-0.2, 0) is 19.6 Å². The van der Waals surface area contributed by atoms with Crippen molar-refractivity contribution in [3.8, 4) is 5.75 Å². The second-order valence-electron chi connectivity index (χ2n) is 8.15. The Morgan fingerprint density at radius 2 is 1.69 bits per heavy atom. The Kier molecular flexibility index (Phi) is 7.07. The van der Waals surface area contributed by atoms with Gasteiger partial charge in [0.15, 0.2) is 6.61 Å². The summed E-state index contributed by atoms with van der Waals surface area (Å²) in [4.78, 5) is 26.9. The lowest BCUT2D eigenvalue weighted by Gasteiger charge is -2.27. The third-order valence-electron chi connectivity index (χ3n) is 5.73. The van der Waals surface area contributed by atoms with Crippen molar-refractivity contribution in [1.82, 2.24) is 0 Å². The Morgan fingerprint density at radius 3 is 2.37 bits per heavy atom. The van der Waals surface area contributed by atoms with Crippen LogP contribution in [0.4, 0.5) is 17.1 Å². The molecule has 3 aromatic rings. The van der Waals surface area contributed by atoms with Gasteiger partial charge in [-0.1, -0.05) is 30.3 Å². The third-order valence-corrected chi connectivity index (χ3v) is 7.65. The molecule has 0 aromatic heterocycles. The van der Waals surface area contributed by atoms with Gasteiger partial charge in [0.05, 0.1) is 22.0 Å². The smallest absolute Gasteiger partial charge is 0.265 e. The minimum absolute atomic E-state index is 0.126. The predicted octanol–water partition coefficient (Wildman–Crippen LogP) is 4.04. The first-order chi connectivity index (χ1) is 16.8. The standard InChI is InChI=1S/C26H27N3O5S/c1-3-28(20-9-5-4-6-10-20)35(32,33)22-15-13-21(14-16-22)34-18-26(31)29-19(2)17-25(30)27-23-11-7-8-12-24(23)29/h4-16,19H,3,17-18H2,1-2H3,(H,27,30). The number of fused-ring (bicyclic) bond motifs is 1. The SMILES string of the molecule is CCN(c1ccccc1)S(=O)(=O)c1ccc(OCC(=O)N2c3ccccc3NC(=O)CC2C)cc1. The molecule has 182 valence electrons. The van der Waals surface area contributed by atoms with E-state index in [0.29, 0.717) is 22.8 Å². The molecule has 0 spiro atoms. The van der Waals surface area contributed by atoms with Gasteiger partial charge in [-0.25, -0.2) is 8.42 Å². The Bertz CT molecular complexity index is 1310. The van der Waals surface area contributed by atoms with Crippen molar-refractivity contribution < 1.29 is 22.7 Å². The average Bonchev–Trinajstić information content (AvgIpc) is 2.98. The fraction of sp³-hybridized carbons (Fsp3) is 0.231.